The molecule has 0 spiro atoms. The van der Waals surface area contributed by atoms with Crippen LogP contribution >= 0.6 is 0 Å². The van der Waals surface area contributed by atoms with Gasteiger partial charge in [0.05, 0.1) is 11.8 Å². The minimum absolute atomic E-state index is 0.438. The zero-order valence-corrected chi connectivity index (χ0v) is 10.8. The van der Waals surface area contributed by atoms with Gasteiger partial charge in [-0.1, -0.05) is 19.6 Å². The van der Waals surface area contributed by atoms with E-state index in [0.29, 0.717) is 0 Å². The molecule has 0 aromatic heterocycles. The molecule has 17 heavy (non-hydrogen) atoms. The Morgan fingerprint density at radius 3 is 2.59 bits per heavy atom. The first-order valence-corrected chi connectivity index (χ1v) is 6.18. The van der Waals surface area contributed by atoms with Gasteiger partial charge in [-0.3, -0.25) is 4.99 Å². The Morgan fingerprint density at radius 2 is 2.18 bits per heavy atom. The van der Waals surface area contributed by atoms with Gasteiger partial charge < -0.3 is 4.90 Å². The minimum Gasteiger partial charge on any atom is -0.303 e. The van der Waals surface area contributed by atoms with E-state index in [1.165, 1.54) is 0 Å². The normalized spacial score (nSPS) is 21.4. The lowest BCUT2D eigenvalue weighted by Crippen LogP contribution is -2.43. The molecule has 1 aliphatic rings. The molecule has 1 heterocycles. The number of allylic oxidation sites excluding steroid dienone is 2. The fourth-order valence-electron chi connectivity index (χ4n) is 2.20. The van der Waals surface area contributed by atoms with Crippen molar-refractivity contribution in [2.24, 2.45) is 10.4 Å². The van der Waals surface area contributed by atoms with E-state index in [0.717, 1.165) is 38.2 Å². The maximum atomic E-state index is 9.48. The molecular formula is C14H21N3. The van der Waals surface area contributed by atoms with Crippen molar-refractivity contribution in [1.29, 1.82) is 5.26 Å². The third-order valence-electron chi connectivity index (χ3n) is 3.42. The number of nitrogens with zero attached hydrogens (tertiary/aromatic N) is 3. The second kappa shape index (κ2) is 6.36. The van der Waals surface area contributed by atoms with Crippen molar-refractivity contribution in [2.45, 2.75) is 26.7 Å². The topological polar surface area (TPSA) is 39.4 Å². The molecule has 3 heteroatoms. The summed E-state index contributed by atoms with van der Waals surface area (Å²) in [4.78, 5) is 6.72. The molecule has 0 radical (unpaired) electrons. The lowest BCUT2D eigenvalue weighted by Gasteiger charge is -2.36. The number of piperidine rings is 1. The molecule has 0 N–H and O–H groups in total. The van der Waals surface area contributed by atoms with Gasteiger partial charge in [0.1, 0.15) is 5.41 Å². The molecule has 0 amide bonds. The fourth-order valence-corrected chi connectivity index (χ4v) is 2.20. The van der Waals surface area contributed by atoms with Crippen LogP contribution in [0.2, 0.25) is 0 Å². The molecule has 1 rings (SSSR count). The van der Waals surface area contributed by atoms with Crippen LogP contribution in [0.5, 0.6) is 0 Å². The third kappa shape index (κ3) is 3.04. The van der Waals surface area contributed by atoms with Gasteiger partial charge in [0, 0.05) is 19.3 Å². The summed E-state index contributed by atoms with van der Waals surface area (Å²) in [5, 5.41) is 9.48. The zero-order valence-electron chi connectivity index (χ0n) is 10.8. The predicted molar refractivity (Wildman–Crippen MR) is 71.8 cm³/mol. The average molecular weight is 231 g/mol. The van der Waals surface area contributed by atoms with Crippen LogP contribution in [0.4, 0.5) is 0 Å². The molecule has 0 atom stereocenters. The van der Waals surface area contributed by atoms with Crippen LogP contribution in [0.3, 0.4) is 0 Å². The summed E-state index contributed by atoms with van der Waals surface area (Å²) < 4.78 is 0. The average Bonchev–Trinajstić information content (AvgIpc) is 2.40. The molecule has 1 aliphatic heterocycles. The Morgan fingerprint density at radius 1 is 1.53 bits per heavy atom. The SMILES string of the molecule is C=CC(=N/C=C\C)C1(C#N)CCN(CC)CC1. The summed E-state index contributed by atoms with van der Waals surface area (Å²) in [6.45, 7) is 10.8. The van der Waals surface area contributed by atoms with Crippen LogP contribution in [0.25, 0.3) is 0 Å². The van der Waals surface area contributed by atoms with Crippen molar-refractivity contribution < 1.29 is 0 Å². The van der Waals surface area contributed by atoms with E-state index in [2.05, 4.69) is 29.5 Å². The maximum Gasteiger partial charge on any atom is 0.102 e. The molecule has 0 aromatic rings. The Bertz CT molecular complexity index is 352. The van der Waals surface area contributed by atoms with Crippen molar-refractivity contribution in [2.75, 3.05) is 19.6 Å². The Kier molecular flexibility index (Phi) is 5.11. The number of nitriles is 1. The Balaban J connectivity index is 2.90. The van der Waals surface area contributed by atoms with Crippen LogP contribution in [0, 0.1) is 16.7 Å². The van der Waals surface area contributed by atoms with E-state index >= 15 is 0 Å². The van der Waals surface area contributed by atoms with Crippen molar-refractivity contribution in [3.05, 3.63) is 24.9 Å². The standard InChI is InChI=1S/C14H21N3/c1-4-9-16-13(5-2)14(12-15)7-10-17(6-3)11-8-14/h4-5,9H,2,6-8,10-11H2,1,3H3/b9-4-,16-13?. The molecule has 0 unspecified atom stereocenters. The molecule has 3 nitrogen and oxygen atoms in total. The highest BCUT2D eigenvalue weighted by Crippen LogP contribution is 2.33. The van der Waals surface area contributed by atoms with Gasteiger partial charge in [-0.25, -0.2) is 0 Å². The second-order valence-corrected chi connectivity index (χ2v) is 4.33. The Hall–Kier alpha value is -1.40. The lowest BCUT2D eigenvalue weighted by atomic mass is 9.75. The van der Waals surface area contributed by atoms with Gasteiger partial charge in [0.2, 0.25) is 0 Å². The number of rotatable bonds is 4. The van der Waals surface area contributed by atoms with Crippen LogP contribution in [0.15, 0.2) is 29.9 Å². The highest BCUT2D eigenvalue weighted by atomic mass is 15.1. The molecular weight excluding hydrogens is 210 g/mol. The van der Waals surface area contributed by atoms with E-state index < -0.39 is 5.41 Å². The van der Waals surface area contributed by atoms with E-state index in [-0.39, 0.29) is 0 Å². The number of hydrogen-bond donors (Lipinski definition) is 0. The highest BCUT2D eigenvalue weighted by molar-refractivity contribution is 6.01. The summed E-state index contributed by atoms with van der Waals surface area (Å²) in [7, 11) is 0. The smallest absolute Gasteiger partial charge is 0.102 e. The molecule has 0 aliphatic carbocycles. The van der Waals surface area contributed by atoms with E-state index in [1.807, 2.05) is 13.0 Å². The van der Waals surface area contributed by atoms with Crippen LogP contribution in [-0.2, 0) is 0 Å². The zero-order chi connectivity index (χ0) is 12.7. The van der Waals surface area contributed by atoms with Crippen molar-refractivity contribution >= 4 is 5.71 Å². The summed E-state index contributed by atoms with van der Waals surface area (Å²) in [5.74, 6) is 0. The fraction of sp³-hybridized carbons (Fsp3) is 0.571. The van der Waals surface area contributed by atoms with E-state index in [4.69, 9.17) is 0 Å². The molecule has 1 saturated heterocycles. The molecule has 0 aromatic carbocycles. The first-order valence-electron chi connectivity index (χ1n) is 6.18. The molecule has 0 saturated carbocycles. The van der Waals surface area contributed by atoms with Gasteiger partial charge >= 0.3 is 0 Å². The van der Waals surface area contributed by atoms with Crippen molar-refractivity contribution in [3.63, 3.8) is 0 Å². The number of aliphatic imine (C=N–C) groups is 1. The predicted octanol–water partition coefficient (Wildman–Crippen LogP) is 2.77. The van der Waals surface area contributed by atoms with E-state index in [9.17, 15) is 5.26 Å². The first-order chi connectivity index (χ1) is 8.22. The third-order valence-corrected chi connectivity index (χ3v) is 3.42. The molecule has 0 bridgehead atoms. The van der Waals surface area contributed by atoms with Crippen LogP contribution < -0.4 is 0 Å². The Labute approximate surface area is 104 Å². The minimum atomic E-state index is -0.438. The van der Waals surface area contributed by atoms with Crippen molar-refractivity contribution in [1.82, 2.24) is 4.90 Å². The van der Waals surface area contributed by atoms with Crippen LogP contribution in [-0.4, -0.2) is 30.2 Å². The van der Waals surface area contributed by atoms with E-state index in [1.54, 1.807) is 12.3 Å². The molecule has 92 valence electrons. The van der Waals surface area contributed by atoms with Gasteiger partial charge in [-0.2, -0.15) is 5.26 Å². The van der Waals surface area contributed by atoms with Gasteiger partial charge in [-0.05, 0) is 32.4 Å². The first kappa shape index (κ1) is 13.7. The summed E-state index contributed by atoms with van der Waals surface area (Å²) in [5.41, 5.74) is 0.376. The lowest BCUT2D eigenvalue weighted by molar-refractivity contribution is 0.191. The van der Waals surface area contributed by atoms with Gasteiger partial charge in [0.25, 0.3) is 0 Å². The summed E-state index contributed by atoms with van der Waals surface area (Å²) in [6, 6.07) is 2.46. The van der Waals surface area contributed by atoms with Gasteiger partial charge in [0.15, 0.2) is 0 Å². The maximum absolute atomic E-state index is 9.48. The van der Waals surface area contributed by atoms with Crippen LogP contribution in [0.1, 0.15) is 26.7 Å². The monoisotopic (exact) mass is 231 g/mol. The number of hydrogen-bond acceptors (Lipinski definition) is 3. The van der Waals surface area contributed by atoms with Crippen molar-refractivity contribution in [3.8, 4) is 6.07 Å². The summed E-state index contributed by atoms with van der Waals surface area (Å²) >= 11 is 0. The number of likely N-dealkylation sites (tertiary alicyclic amines) is 1. The highest BCUT2D eigenvalue weighted by Gasteiger charge is 2.37. The quantitative estimate of drug-likeness (QED) is 0.698. The second-order valence-electron chi connectivity index (χ2n) is 4.33. The molecule has 1 fully saturated rings. The van der Waals surface area contributed by atoms with Gasteiger partial charge in [-0.15, -0.1) is 0 Å². The largest absolute Gasteiger partial charge is 0.303 e. The summed E-state index contributed by atoms with van der Waals surface area (Å²) in [6.07, 6.45) is 7.03.